The molecule has 0 aromatic heterocycles. The summed E-state index contributed by atoms with van der Waals surface area (Å²) in [6.45, 7) is 6.67. The van der Waals surface area contributed by atoms with Gasteiger partial charge in [-0.2, -0.15) is 0 Å². The monoisotopic (exact) mass is 488 g/mol. The van der Waals surface area contributed by atoms with E-state index in [9.17, 15) is 9.59 Å². The molecule has 9 heteroatoms. The average molecular weight is 489 g/mol. The Labute approximate surface area is 207 Å². The Morgan fingerprint density at radius 2 is 1.35 bits per heavy atom. The molecule has 0 aliphatic rings. The molecule has 0 aliphatic carbocycles. The maximum absolute atomic E-state index is 11.7. The van der Waals surface area contributed by atoms with Crippen LogP contribution in [0, 0.1) is 5.41 Å². The van der Waals surface area contributed by atoms with Crippen LogP contribution in [0.5, 0.6) is 0 Å². The molecule has 7 N–H and O–H groups in total. The fourth-order valence-electron chi connectivity index (χ4n) is 3.15. The molecule has 0 amide bonds. The summed E-state index contributed by atoms with van der Waals surface area (Å²) in [5.41, 5.74) is 11.0. The number of aliphatic hydroxyl groups excluding tert-OH is 1. The highest BCUT2D eigenvalue weighted by molar-refractivity contribution is 5.75. The molecule has 0 spiro atoms. The van der Waals surface area contributed by atoms with Crippen LogP contribution in [0.1, 0.15) is 111 Å². The van der Waals surface area contributed by atoms with Gasteiger partial charge in [-0.3, -0.25) is 10.2 Å². The highest BCUT2D eigenvalue weighted by Gasteiger charge is 2.14. The zero-order valence-corrected chi connectivity index (χ0v) is 21.9. The van der Waals surface area contributed by atoms with Crippen LogP contribution < -0.4 is 16.8 Å². The predicted octanol–water partition coefficient (Wildman–Crippen LogP) is 3.75. The van der Waals surface area contributed by atoms with Crippen LogP contribution in [0.4, 0.5) is 0 Å². The number of nitrogens with one attached hydrogen (secondary N) is 2. The summed E-state index contributed by atoms with van der Waals surface area (Å²) in [7, 11) is 0. The molecule has 34 heavy (non-hydrogen) atoms. The van der Waals surface area contributed by atoms with Gasteiger partial charge in [-0.1, -0.05) is 77.6 Å². The zero-order valence-electron chi connectivity index (χ0n) is 21.9. The Morgan fingerprint density at radius 3 is 1.76 bits per heavy atom. The lowest BCUT2D eigenvalue weighted by Crippen LogP contribution is -2.35. The van der Waals surface area contributed by atoms with E-state index in [0.717, 1.165) is 12.8 Å². The molecule has 0 aliphatic heterocycles. The maximum Gasteiger partial charge on any atom is 0.334 e. The molecular weight excluding hydrogens is 436 g/mol. The minimum atomic E-state index is -0.991. The van der Waals surface area contributed by atoms with Crippen LogP contribution in [0.2, 0.25) is 0 Å². The second-order valence-corrected chi connectivity index (χ2v) is 8.57. The molecule has 2 atom stereocenters. The number of nitrogens with two attached hydrogens (primary N) is 2. The van der Waals surface area contributed by atoms with E-state index in [1.165, 1.54) is 71.1 Å². The molecule has 1 unspecified atom stereocenters. The number of carbonyl (C=O) groups excluding carboxylic acids is 2. The third-order valence-corrected chi connectivity index (χ3v) is 5.18. The van der Waals surface area contributed by atoms with Crippen molar-refractivity contribution in [2.24, 2.45) is 11.5 Å². The first-order chi connectivity index (χ1) is 16.3. The fourth-order valence-corrected chi connectivity index (χ4v) is 3.15. The lowest BCUT2D eigenvalue weighted by atomic mass is 10.1. The molecule has 0 heterocycles. The quantitative estimate of drug-likeness (QED) is 0.0749. The summed E-state index contributed by atoms with van der Waals surface area (Å²) < 4.78 is 9.64. The summed E-state index contributed by atoms with van der Waals surface area (Å²) in [5, 5.41) is 18.2. The van der Waals surface area contributed by atoms with Crippen LogP contribution in [-0.4, -0.2) is 54.9 Å². The zero-order chi connectivity index (χ0) is 26.0. The summed E-state index contributed by atoms with van der Waals surface area (Å²) in [6.07, 6.45) is 15.7. The molecule has 0 aromatic carbocycles. The van der Waals surface area contributed by atoms with Crippen molar-refractivity contribution in [2.75, 3.05) is 19.8 Å². The van der Waals surface area contributed by atoms with Crippen molar-refractivity contribution in [1.82, 2.24) is 5.32 Å². The largest absolute Gasteiger partial charge is 0.465 e. The van der Waals surface area contributed by atoms with Gasteiger partial charge in [0.1, 0.15) is 12.1 Å². The number of carbonyl (C=O) groups is 2. The Bertz CT molecular complexity index is 504. The Balaban J connectivity index is 0. The minimum absolute atomic E-state index is 0.0619. The lowest BCUT2D eigenvalue weighted by Gasteiger charge is -2.11. The van der Waals surface area contributed by atoms with E-state index < -0.39 is 18.1 Å². The summed E-state index contributed by atoms with van der Waals surface area (Å²) >= 11 is 0. The van der Waals surface area contributed by atoms with Gasteiger partial charge >= 0.3 is 11.9 Å². The molecular formula is C25H52N4O5. The van der Waals surface area contributed by atoms with Crippen LogP contribution in [0.3, 0.4) is 0 Å². The first-order valence-corrected chi connectivity index (χ1v) is 13.1. The summed E-state index contributed by atoms with van der Waals surface area (Å²) in [5.74, 6) is -0.948. The van der Waals surface area contributed by atoms with Gasteiger partial charge in [-0.15, -0.1) is 0 Å². The van der Waals surface area contributed by atoms with Gasteiger partial charge in [0.25, 0.3) is 0 Å². The summed E-state index contributed by atoms with van der Waals surface area (Å²) in [6, 6.07) is -0.582. The predicted molar refractivity (Wildman–Crippen MR) is 137 cm³/mol. The Kier molecular flexibility index (Phi) is 26.0. The maximum atomic E-state index is 11.7. The van der Waals surface area contributed by atoms with Crippen molar-refractivity contribution in [1.29, 1.82) is 5.41 Å². The van der Waals surface area contributed by atoms with Crippen molar-refractivity contribution in [3.63, 3.8) is 0 Å². The number of hydrogen-bond donors (Lipinski definition) is 5. The molecule has 0 saturated carbocycles. The van der Waals surface area contributed by atoms with E-state index in [1.54, 1.807) is 6.92 Å². The Morgan fingerprint density at radius 1 is 0.853 bits per heavy atom. The molecule has 0 saturated heterocycles. The molecule has 0 radical (unpaired) electrons. The van der Waals surface area contributed by atoms with Gasteiger partial charge in [0.15, 0.2) is 5.96 Å². The number of hydrogen-bond acceptors (Lipinski definition) is 7. The number of aliphatic hydroxyl groups is 1. The molecule has 0 rings (SSSR count). The normalized spacial score (nSPS) is 12.1. The van der Waals surface area contributed by atoms with Gasteiger partial charge in [0.2, 0.25) is 0 Å². The second kappa shape index (κ2) is 25.7. The van der Waals surface area contributed by atoms with Crippen LogP contribution in [0.15, 0.2) is 0 Å². The molecule has 9 nitrogen and oxygen atoms in total. The topological polar surface area (TPSA) is 161 Å². The number of unbranched alkanes of at least 4 members (excludes halogenated alkanes) is 11. The van der Waals surface area contributed by atoms with Crippen LogP contribution >= 0.6 is 0 Å². The lowest BCUT2D eigenvalue weighted by molar-refractivity contribution is -0.152. The minimum Gasteiger partial charge on any atom is -0.465 e. The molecule has 202 valence electrons. The van der Waals surface area contributed by atoms with Crippen molar-refractivity contribution in [2.45, 2.75) is 123 Å². The van der Waals surface area contributed by atoms with E-state index in [0.29, 0.717) is 32.6 Å². The SMILES string of the molecule is CCCCCCCCCCCCCCOC(=O)[C@@H](N)CCCNC(=N)N.CCOC(=O)C(C)O. The van der Waals surface area contributed by atoms with Gasteiger partial charge in [0, 0.05) is 6.54 Å². The first kappa shape index (κ1) is 34.3. The smallest absolute Gasteiger partial charge is 0.334 e. The van der Waals surface area contributed by atoms with Crippen molar-refractivity contribution in [3.05, 3.63) is 0 Å². The van der Waals surface area contributed by atoms with Gasteiger partial charge in [0.05, 0.1) is 13.2 Å². The Hall–Kier alpha value is -1.87. The van der Waals surface area contributed by atoms with Gasteiger partial charge < -0.3 is 31.4 Å². The van der Waals surface area contributed by atoms with E-state index >= 15 is 0 Å². The van der Waals surface area contributed by atoms with E-state index in [2.05, 4.69) is 17.0 Å². The average Bonchev–Trinajstić information content (AvgIpc) is 2.79. The van der Waals surface area contributed by atoms with E-state index in [4.69, 9.17) is 26.7 Å². The van der Waals surface area contributed by atoms with Crippen LogP contribution in [-0.2, 0) is 19.1 Å². The highest BCUT2D eigenvalue weighted by Crippen LogP contribution is 2.12. The third kappa shape index (κ3) is 26.4. The summed E-state index contributed by atoms with van der Waals surface area (Å²) in [4.78, 5) is 22.0. The highest BCUT2D eigenvalue weighted by atomic mass is 16.5. The van der Waals surface area contributed by atoms with Crippen molar-refractivity contribution in [3.8, 4) is 0 Å². The third-order valence-electron chi connectivity index (χ3n) is 5.18. The van der Waals surface area contributed by atoms with E-state index in [-0.39, 0.29) is 11.9 Å². The molecule has 0 bridgehead atoms. The fraction of sp³-hybridized carbons (Fsp3) is 0.880. The van der Waals surface area contributed by atoms with Gasteiger partial charge in [-0.05, 0) is 33.1 Å². The number of ether oxygens (including phenoxy) is 2. The molecule has 0 aromatic rings. The number of guanidine groups is 1. The van der Waals surface area contributed by atoms with Gasteiger partial charge in [-0.25, -0.2) is 4.79 Å². The molecule has 0 fully saturated rings. The first-order valence-electron chi connectivity index (χ1n) is 13.1. The van der Waals surface area contributed by atoms with Crippen LogP contribution in [0.25, 0.3) is 0 Å². The number of rotatable bonds is 20. The second-order valence-electron chi connectivity index (χ2n) is 8.57. The van der Waals surface area contributed by atoms with Crippen molar-refractivity contribution < 1.29 is 24.2 Å². The van der Waals surface area contributed by atoms with E-state index in [1.807, 2.05) is 0 Å². The number of esters is 2. The standard InChI is InChI=1S/C20H42N4O2.C5H10O3/c1-2-3-4-5-6-7-8-9-10-11-12-13-17-26-19(25)18(21)15-14-16-24-20(22)23;1-3-8-5(7)4(2)6/h18H,2-17,21H2,1H3,(H4,22,23,24);4,6H,3H2,1-2H3/t18-;/m0./s1. The van der Waals surface area contributed by atoms with Crippen molar-refractivity contribution >= 4 is 17.9 Å².